The van der Waals surface area contributed by atoms with Gasteiger partial charge in [-0.15, -0.1) is 0 Å². The highest BCUT2D eigenvalue weighted by molar-refractivity contribution is 6.32. The zero-order valence-corrected chi connectivity index (χ0v) is 17.4. The van der Waals surface area contributed by atoms with Crippen LogP contribution in [0.15, 0.2) is 64.6 Å². The summed E-state index contributed by atoms with van der Waals surface area (Å²) in [6.07, 6.45) is 1.39. The number of nitrogens with one attached hydrogen (secondary N) is 1. The molecule has 31 heavy (non-hydrogen) atoms. The fourth-order valence-electron chi connectivity index (χ4n) is 3.08. The maximum Gasteiger partial charge on any atom is 0.337 e. The van der Waals surface area contributed by atoms with E-state index in [1.807, 2.05) is 19.1 Å². The molecule has 1 saturated heterocycles. The van der Waals surface area contributed by atoms with Crippen molar-refractivity contribution in [2.75, 3.05) is 12.1 Å². The number of aryl methyl sites for hydroxylation is 1. The molecule has 7 nitrogen and oxygen atoms in total. The van der Waals surface area contributed by atoms with Crippen LogP contribution in [0.25, 0.3) is 17.4 Å². The highest BCUT2D eigenvalue weighted by Crippen LogP contribution is 2.28. The van der Waals surface area contributed by atoms with Gasteiger partial charge < -0.3 is 9.15 Å². The minimum absolute atomic E-state index is 0.0696. The van der Waals surface area contributed by atoms with Crippen molar-refractivity contribution in [3.05, 3.63) is 82.1 Å². The van der Waals surface area contributed by atoms with Gasteiger partial charge in [0.15, 0.2) is 0 Å². The highest BCUT2D eigenvalue weighted by atomic mass is 35.5. The van der Waals surface area contributed by atoms with Crippen molar-refractivity contribution < 1.29 is 23.5 Å². The Balaban J connectivity index is 1.57. The third-order valence-corrected chi connectivity index (χ3v) is 5.22. The van der Waals surface area contributed by atoms with Crippen LogP contribution in [0.5, 0.6) is 0 Å². The van der Waals surface area contributed by atoms with Gasteiger partial charge in [-0.2, -0.15) is 0 Å². The third kappa shape index (κ3) is 3.95. The number of esters is 1. The van der Waals surface area contributed by atoms with Crippen molar-refractivity contribution in [2.24, 2.45) is 0 Å². The average molecular weight is 437 g/mol. The Morgan fingerprint density at radius 3 is 2.52 bits per heavy atom. The Labute approximate surface area is 182 Å². The molecule has 3 aromatic rings. The first-order valence-electron chi connectivity index (χ1n) is 9.29. The quantitative estimate of drug-likeness (QED) is 0.377. The van der Waals surface area contributed by atoms with E-state index in [0.717, 1.165) is 16.1 Å². The number of ether oxygens (including phenoxy) is 1. The molecule has 0 unspecified atom stereocenters. The van der Waals surface area contributed by atoms with E-state index in [4.69, 9.17) is 16.0 Å². The first kappa shape index (κ1) is 20.4. The molecule has 1 N–H and O–H groups in total. The Bertz CT molecular complexity index is 1230. The van der Waals surface area contributed by atoms with Gasteiger partial charge in [0, 0.05) is 10.6 Å². The summed E-state index contributed by atoms with van der Waals surface area (Å²) in [6, 6.07) is 15.1. The summed E-state index contributed by atoms with van der Waals surface area (Å²) < 4.78 is 10.4. The number of anilines is 1. The monoisotopic (exact) mass is 436 g/mol. The number of benzene rings is 2. The maximum absolute atomic E-state index is 12.8. The number of hydrogen-bond acceptors (Lipinski definition) is 5. The first-order valence-corrected chi connectivity index (χ1v) is 9.67. The van der Waals surface area contributed by atoms with Crippen LogP contribution in [0.4, 0.5) is 5.69 Å². The predicted octanol–water partition coefficient (Wildman–Crippen LogP) is 4.16. The summed E-state index contributed by atoms with van der Waals surface area (Å²) >= 11 is 6.17. The normalized spacial score (nSPS) is 14.8. The lowest BCUT2D eigenvalue weighted by Gasteiger charge is -2.14. The van der Waals surface area contributed by atoms with Crippen LogP contribution < -0.4 is 10.4 Å². The summed E-state index contributed by atoms with van der Waals surface area (Å²) in [5.41, 5.74) is 4.91. The minimum Gasteiger partial charge on any atom is -0.465 e. The number of carbonyl (C=O) groups excluding carboxylic acids is 3. The highest BCUT2D eigenvalue weighted by Gasteiger charge is 2.34. The van der Waals surface area contributed by atoms with E-state index in [9.17, 15) is 14.4 Å². The lowest BCUT2D eigenvalue weighted by molar-refractivity contribution is -0.117. The molecule has 156 valence electrons. The zero-order valence-electron chi connectivity index (χ0n) is 16.6. The third-order valence-electron chi connectivity index (χ3n) is 4.81. The van der Waals surface area contributed by atoms with Gasteiger partial charge in [-0.05, 0) is 61.0 Å². The molecule has 4 rings (SSSR count). The topological polar surface area (TPSA) is 88.8 Å². The Hall–Kier alpha value is -3.84. The van der Waals surface area contributed by atoms with E-state index < -0.39 is 17.8 Å². The molecule has 0 spiro atoms. The number of carbonyl (C=O) groups is 3. The molecule has 1 aromatic heterocycles. The van der Waals surface area contributed by atoms with Crippen molar-refractivity contribution in [2.45, 2.75) is 6.92 Å². The SMILES string of the molecule is COC(=O)c1ccc(N2NC(=O)C(=Cc3ccc(-c4ccc(C)c(Cl)c4)o3)C2=O)cc1. The second kappa shape index (κ2) is 8.12. The number of methoxy groups -OCH3 is 1. The van der Waals surface area contributed by atoms with Crippen LogP contribution in [0.1, 0.15) is 21.7 Å². The molecule has 2 amide bonds. The van der Waals surface area contributed by atoms with E-state index in [-0.39, 0.29) is 5.57 Å². The van der Waals surface area contributed by atoms with Crippen molar-refractivity contribution in [1.82, 2.24) is 5.43 Å². The predicted molar refractivity (Wildman–Crippen MR) is 115 cm³/mol. The Kier molecular flexibility index (Phi) is 5.35. The fraction of sp³-hybridized carbons (Fsp3) is 0.0870. The molecule has 2 heterocycles. The number of amides is 2. The van der Waals surface area contributed by atoms with Crippen molar-refractivity contribution in [1.29, 1.82) is 0 Å². The van der Waals surface area contributed by atoms with E-state index in [1.165, 1.54) is 25.3 Å². The summed E-state index contributed by atoms with van der Waals surface area (Å²) in [5, 5.41) is 1.73. The summed E-state index contributed by atoms with van der Waals surface area (Å²) in [6.45, 7) is 1.91. The van der Waals surface area contributed by atoms with Gasteiger partial charge in [0.1, 0.15) is 17.1 Å². The lowest BCUT2D eigenvalue weighted by Crippen LogP contribution is -2.35. The molecule has 1 aliphatic rings. The van der Waals surface area contributed by atoms with Crippen LogP contribution in [-0.2, 0) is 14.3 Å². The molecular weight excluding hydrogens is 420 g/mol. The summed E-state index contributed by atoms with van der Waals surface area (Å²) in [7, 11) is 1.28. The van der Waals surface area contributed by atoms with Gasteiger partial charge in [0.25, 0.3) is 11.8 Å². The summed E-state index contributed by atoms with van der Waals surface area (Å²) in [4.78, 5) is 36.7. The smallest absolute Gasteiger partial charge is 0.337 e. The second-order valence-electron chi connectivity index (χ2n) is 6.84. The number of furan rings is 1. The van der Waals surface area contributed by atoms with Gasteiger partial charge in [0.05, 0.1) is 18.4 Å². The number of hydrogen-bond donors (Lipinski definition) is 1. The van der Waals surface area contributed by atoms with E-state index in [2.05, 4.69) is 10.2 Å². The molecule has 1 fully saturated rings. The number of hydrazine groups is 1. The molecular formula is C23H17ClN2O5. The fourth-order valence-corrected chi connectivity index (χ4v) is 3.26. The number of rotatable bonds is 4. The summed E-state index contributed by atoms with van der Waals surface area (Å²) in [5.74, 6) is -0.666. The van der Waals surface area contributed by atoms with Gasteiger partial charge in [-0.1, -0.05) is 23.7 Å². The van der Waals surface area contributed by atoms with Gasteiger partial charge in [-0.25, -0.2) is 9.80 Å². The van der Waals surface area contributed by atoms with Crippen LogP contribution in [0, 0.1) is 6.92 Å². The lowest BCUT2D eigenvalue weighted by atomic mass is 10.1. The standard InChI is InChI=1S/C23H17ClN2O5/c1-13-3-4-15(11-19(13)24)20-10-9-17(31-20)12-18-21(27)25-26(22(18)28)16-7-5-14(6-8-16)23(29)30-2/h3-12H,1-2H3,(H,25,27). The molecule has 0 aliphatic carbocycles. The average Bonchev–Trinajstić information content (AvgIpc) is 3.35. The van der Waals surface area contributed by atoms with E-state index in [1.54, 1.807) is 30.3 Å². The van der Waals surface area contributed by atoms with Crippen molar-refractivity contribution in [3.8, 4) is 11.3 Å². The Morgan fingerprint density at radius 1 is 1.10 bits per heavy atom. The number of halogens is 1. The zero-order chi connectivity index (χ0) is 22.1. The largest absolute Gasteiger partial charge is 0.465 e. The van der Waals surface area contributed by atoms with E-state index in [0.29, 0.717) is 27.8 Å². The van der Waals surface area contributed by atoms with Crippen molar-refractivity contribution >= 4 is 41.1 Å². The molecule has 0 bridgehead atoms. The van der Waals surface area contributed by atoms with Crippen molar-refractivity contribution in [3.63, 3.8) is 0 Å². The second-order valence-corrected chi connectivity index (χ2v) is 7.25. The van der Waals surface area contributed by atoms with Crippen LogP contribution in [0.2, 0.25) is 5.02 Å². The Morgan fingerprint density at radius 2 is 1.84 bits per heavy atom. The van der Waals surface area contributed by atoms with Gasteiger partial charge >= 0.3 is 5.97 Å². The molecule has 1 aliphatic heterocycles. The first-order chi connectivity index (χ1) is 14.9. The molecule has 0 atom stereocenters. The molecule has 0 saturated carbocycles. The molecule has 0 radical (unpaired) electrons. The van der Waals surface area contributed by atoms with Crippen LogP contribution in [0.3, 0.4) is 0 Å². The molecule has 2 aromatic carbocycles. The van der Waals surface area contributed by atoms with Gasteiger partial charge in [-0.3, -0.25) is 15.0 Å². The minimum atomic E-state index is -0.557. The van der Waals surface area contributed by atoms with Gasteiger partial charge in [0.2, 0.25) is 0 Å². The van der Waals surface area contributed by atoms with Crippen LogP contribution in [-0.4, -0.2) is 24.9 Å². The van der Waals surface area contributed by atoms with Crippen LogP contribution >= 0.6 is 11.6 Å². The molecule has 8 heteroatoms. The van der Waals surface area contributed by atoms with E-state index >= 15 is 0 Å². The maximum atomic E-state index is 12.8. The number of nitrogens with zero attached hydrogens (tertiary/aromatic N) is 1.